The molecule has 2 atom stereocenters. The van der Waals surface area contributed by atoms with Gasteiger partial charge in [0.2, 0.25) is 11.7 Å². The predicted molar refractivity (Wildman–Crippen MR) is 77.0 cm³/mol. The van der Waals surface area contributed by atoms with E-state index in [4.69, 9.17) is 4.52 Å². The Morgan fingerprint density at radius 1 is 1.37 bits per heavy atom. The molecule has 0 bridgehead atoms. The lowest BCUT2D eigenvalue weighted by Gasteiger charge is -2.26. The van der Waals surface area contributed by atoms with Gasteiger partial charge in [0.15, 0.2) is 0 Å². The topological polar surface area (TPSA) is 59.2 Å². The van der Waals surface area contributed by atoms with E-state index in [1.807, 2.05) is 12.1 Å². The molecule has 19 heavy (non-hydrogen) atoms. The second-order valence-corrected chi connectivity index (χ2v) is 7.39. The molecular formula is C13H15BrN2O2S. The molecule has 0 radical (unpaired) electrons. The van der Waals surface area contributed by atoms with Crippen LogP contribution in [-0.4, -0.2) is 21.4 Å². The average molecular weight is 343 g/mol. The van der Waals surface area contributed by atoms with Gasteiger partial charge in [-0.05, 0) is 46.8 Å². The van der Waals surface area contributed by atoms with Gasteiger partial charge in [0.05, 0.1) is 14.8 Å². The van der Waals surface area contributed by atoms with Crippen LogP contribution in [0, 0.1) is 5.92 Å². The zero-order valence-corrected chi connectivity index (χ0v) is 12.8. The molecule has 2 heterocycles. The first-order chi connectivity index (χ1) is 9.22. The summed E-state index contributed by atoms with van der Waals surface area (Å²) in [7, 11) is 0. The lowest BCUT2D eigenvalue weighted by Crippen LogP contribution is -2.26. The van der Waals surface area contributed by atoms with E-state index in [0.717, 1.165) is 27.9 Å². The standard InChI is InChI=1S/C13H15BrN2O2S/c14-11-6-5-10(19-11)13-15-12(18-16-13)7-8-3-1-2-4-9(8)17/h5-6,8-9,17H,1-4,7H2. The van der Waals surface area contributed by atoms with E-state index in [0.29, 0.717) is 18.1 Å². The normalized spacial score (nSPS) is 23.7. The van der Waals surface area contributed by atoms with Crippen molar-refractivity contribution < 1.29 is 9.63 Å². The number of nitrogens with zero attached hydrogens (tertiary/aromatic N) is 2. The van der Waals surface area contributed by atoms with Crippen molar-refractivity contribution in [1.29, 1.82) is 0 Å². The minimum absolute atomic E-state index is 0.222. The van der Waals surface area contributed by atoms with Gasteiger partial charge in [-0.15, -0.1) is 11.3 Å². The molecule has 102 valence electrons. The molecule has 3 rings (SSSR count). The van der Waals surface area contributed by atoms with E-state index in [-0.39, 0.29) is 12.0 Å². The second-order valence-electron chi connectivity index (χ2n) is 4.93. The van der Waals surface area contributed by atoms with Crippen LogP contribution in [0.2, 0.25) is 0 Å². The van der Waals surface area contributed by atoms with Crippen molar-refractivity contribution in [3.8, 4) is 10.7 Å². The lowest BCUT2D eigenvalue weighted by atomic mass is 9.84. The molecule has 2 unspecified atom stereocenters. The third-order valence-electron chi connectivity index (χ3n) is 3.57. The van der Waals surface area contributed by atoms with Gasteiger partial charge < -0.3 is 9.63 Å². The summed E-state index contributed by atoms with van der Waals surface area (Å²) in [6.45, 7) is 0. The second kappa shape index (κ2) is 5.73. The summed E-state index contributed by atoms with van der Waals surface area (Å²) in [5, 5.41) is 14.0. The molecule has 2 aromatic heterocycles. The molecule has 4 nitrogen and oxygen atoms in total. The molecule has 0 saturated heterocycles. The van der Waals surface area contributed by atoms with Crippen molar-refractivity contribution in [2.75, 3.05) is 0 Å². The fraction of sp³-hybridized carbons (Fsp3) is 0.538. The smallest absolute Gasteiger partial charge is 0.227 e. The Bertz CT molecular complexity index is 554. The van der Waals surface area contributed by atoms with Gasteiger partial charge in [-0.25, -0.2) is 0 Å². The van der Waals surface area contributed by atoms with Crippen LogP contribution in [0.4, 0.5) is 0 Å². The van der Waals surface area contributed by atoms with Crippen LogP contribution in [0.1, 0.15) is 31.6 Å². The highest BCUT2D eigenvalue weighted by atomic mass is 79.9. The maximum Gasteiger partial charge on any atom is 0.227 e. The van der Waals surface area contributed by atoms with Gasteiger partial charge in [-0.1, -0.05) is 18.0 Å². The largest absolute Gasteiger partial charge is 0.393 e. The van der Waals surface area contributed by atoms with Crippen molar-refractivity contribution in [3.05, 3.63) is 21.8 Å². The predicted octanol–water partition coefficient (Wildman–Crippen LogP) is 3.65. The van der Waals surface area contributed by atoms with Crippen molar-refractivity contribution in [3.63, 3.8) is 0 Å². The van der Waals surface area contributed by atoms with Gasteiger partial charge in [0.25, 0.3) is 0 Å². The van der Waals surface area contributed by atoms with Crippen LogP contribution in [-0.2, 0) is 6.42 Å². The molecule has 0 spiro atoms. The number of rotatable bonds is 3. The van der Waals surface area contributed by atoms with Crippen LogP contribution in [0.5, 0.6) is 0 Å². The number of halogens is 1. The highest BCUT2D eigenvalue weighted by Gasteiger charge is 2.25. The third-order valence-corrected chi connectivity index (χ3v) is 5.19. The van der Waals surface area contributed by atoms with Crippen LogP contribution in [0.3, 0.4) is 0 Å². The van der Waals surface area contributed by atoms with E-state index in [9.17, 15) is 5.11 Å². The molecule has 0 aromatic carbocycles. The number of hydrogen-bond donors (Lipinski definition) is 1. The van der Waals surface area contributed by atoms with E-state index >= 15 is 0 Å². The SMILES string of the molecule is OC1CCCCC1Cc1nc(-c2ccc(Br)s2)no1. The van der Waals surface area contributed by atoms with Crippen molar-refractivity contribution in [2.24, 2.45) is 5.92 Å². The summed E-state index contributed by atoms with van der Waals surface area (Å²) in [5.41, 5.74) is 0. The maximum absolute atomic E-state index is 9.96. The number of aliphatic hydroxyl groups excluding tert-OH is 1. The van der Waals surface area contributed by atoms with Gasteiger partial charge in [-0.2, -0.15) is 4.98 Å². The van der Waals surface area contributed by atoms with E-state index in [2.05, 4.69) is 26.1 Å². The first-order valence-corrected chi connectivity index (χ1v) is 8.09. The van der Waals surface area contributed by atoms with Crippen LogP contribution >= 0.6 is 27.3 Å². The Morgan fingerprint density at radius 2 is 2.21 bits per heavy atom. The molecule has 1 saturated carbocycles. The first kappa shape index (κ1) is 13.3. The zero-order chi connectivity index (χ0) is 13.2. The highest BCUT2D eigenvalue weighted by molar-refractivity contribution is 9.11. The minimum atomic E-state index is -0.222. The molecule has 2 aromatic rings. The number of aromatic nitrogens is 2. The number of hydrogen-bond acceptors (Lipinski definition) is 5. The van der Waals surface area contributed by atoms with Crippen molar-refractivity contribution in [2.45, 2.75) is 38.2 Å². The first-order valence-electron chi connectivity index (χ1n) is 6.49. The van der Waals surface area contributed by atoms with Crippen LogP contribution in [0.25, 0.3) is 10.7 Å². The molecule has 6 heteroatoms. The van der Waals surface area contributed by atoms with Crippen molar-refractivity contribution in [1.82, 2.24) is 10.1 Å². The Kier molecular flexibility index (Phi) is 4.00. The van der Waals surface area contributed by atoms with E-state index < -0.39 is 0 Å². The Labute approximate surface area is 124 Å². The molecule has 0 amide bonds. The summed E-state index contributed by atoms with van der Waals surface area (Å²) in [5.74, 6) is 1.53. The monoisotopic (exact) mass is 342 g/mol. The summed E-state index contributed by atoms with van der Waals surface area (Å²) in [6.07, 6.45) is 4.70. The van der Waals surface area contributed by atoms with Gasteiger partial charge in [0, 0.05) is 6.42 Å². The summed E-state index contributed by atoms with van der Waals surface area (Å²) < 4.78 is 6.35. The van der Waals surface area contributed by atoms with E-state index in [1.165, 1.54) is 6.42 Å². The molecule has 1 fully saturated rings. The highest BCUT2D eigenvalue weighted by Crippen LogP contribution is 2.31. The van der Waals surface area contributed by atoms with Crippen molar-refractivity contribution >= 4 is 27.3 Å². The lowest BCUT2D eigenvalue weighted by molar-refractivity contribution is 0.0657. The molecule has 1 aliphatic rings. The zero-order valence-electron chi connectivity index (χ0n) is 10.4. The summed E-state index contributed by atoms with van der Waals surface area (Å²) in [6, 6.07) is 3.94. The fourth-order valence-electron chi connectivity index (χ4n) is 2.52. The number of aliphatic hydroxyl groups is 1. The van der Waals surface area contributed by atoms with Crippen LogP contribution < -0.4 is 0 Å². The summed E-state index contributed by atoms with van der Waals surface area (Å²) >= 11 is 5.01. The fourth-order valence-corrected chi connectivity index (χ4v) is 3.83. The number of thiophene rings is 1. The van der Waals surface area contributed by atoms with Gasteiger partial charge in [0.1, 0.15) is 0 Å². The Hall–Kier alpha value is -0.720. The van der Waals surface area contributed by atoms with E-state index in [1.54, 1.807) is 11.3 Å². The molecule has 1 aliphatic carbocycles. The van der Waals surface area contributed by atoms with Crippen LogP contribution in [0.15, 0.2) is 20.4 Å². The Morgan fingerprint density at radius 3 is 2.95 bits per heavy atom. The summed E-state index contributed by atoms with van der Waals surface area (Å²) in [4.78, 5) is 5.41. The minimum Gasteiger partial charge on any atom is -0.393 e. The quantitative estimate of drug-likeness (QED) is 0.924. The average Bonchev–Trinajstić information content (AvgIpc) is 3.01. The maximum atomic E-state index is 9.96. The van der Waals surface area contributed by atoms with Gasteiger partial charge in [-0.3, -0.25) is 0 Å². The Balaban J connectivity index is 1.71. The molecular weight excluding hydrogens is 328 g/mol. The van der Waals surface area contributed by atoms with Gasteiger partial charge >= 0.3 is 0 Å². The molecule has 1 N–H and O–H groups in total. The third kappa shape index (κ3) is 3.07. The molecule has 0 aliphatic heterocycles.